The molecule has 3 aromatic heterocycles. The molecule has 5 aromatic rings. The van der Waals surface area contributed by atoms with Gasteiger partial charge in [0.1, 0.15) is 17.8 Å². The van der Waals surface area contributed by atoms with Gasteiger partial charge in [0, 0.05) is 17.3 Å². The Morgan fingerprint density at radius 2 is 1.84 bits per heavy atom. The zero-order valence-corrected chi connectivity index (χ0v) is 17.0. The zero-order chi connectivity index (χ0) is 21.4. The third kappa shape index (κ3) is 3.55. The van der Waals surface area contributed by atoms with Gasteiger partial charge in [-0.1, -0.05) is 42.5 Å². The Balaban J connectivity index is 1.41. The van der Waals surface area contributed by atoms with E-state index in [9.17, 15) is 4.79 Å². The molecule has 152 valence electrons. The maximum Gasteiger partial charge on any atom is 0.274 e. The van der Waals surface area contributed by atoms with E-state index >= 15 is 0 Å². The van der Waals surface area contributed by atoms with Crippen molar-refractivity contribution < 1.29 is 4.79 Å². The number of benzene rings is 2. The van der Waals surface area contributed by atoms with E-state index in [0.29, 0.717) is 23.0 Å². The summed E-state index contributed by atoms with van der Waals surface area (Å²) in [5.74, 6) is 0.623. The van der Waals surface area contributed by atoms with Gasteiger partial charge in [-0.15, -0.1) is 0 Å². The van der Waals surface area contributed by atoms with Crippen molar-refractivity contribution in [3.63, 3.8) is 0 Å². The Labute approximate surface area is 178 Å². The van der Waals surface area contributed by atoms with Crippen LogP contribution in [0.15, 0.2) is 67.0 Å². The fraction of sp³-hybridized carbons (Fsp3) is 0.0870. The van der Waals surface area contributed by atoms with Crippen LogP contribution in [0.1, 0.15) is 21.9 Å². The molecule has 2 N–H and O–H groups in total. The van der Waals surface area contributed by atoms with Gasteiger partial charge in [-0.05, 0) is 36.8 Å². The monoisotopic (exact) mass is 409 g/mol. The lowest BCUT2D eigenvalue weighted by atomic mass is 10.0. The highest BCUT2D eigenvalue weighted by Gasteiger charge is 2.14. The molecule has 0 bridgehead atoms. The van der Waals surface area contributed by atoms with E-state index in [4.69, 9.17) is 0 Å². The Hall–Kier alpha value is -4.33. The number of nitrogens with zero attached hydrogens (tertiary/aromatic N) is 5. The van der Waals surface area contributed by atoms with Gasteiger partial charge in [0.05, 0.1) is 11.4 Å². The van der Waals surface area contributed by atoms with Gasteiger partial charge >= 0.3 is 0 Å². The molecule has 8 nitrogen and oxygen atoms in total. The summed E-state index contributed by atoms with van der Waals surface area (Å²) in [4.78, 5) is 21.2. The van der Waals surface area contributed by atoms with Gasteiger partial charge in [-0.25, -0.2) is 14.6 Å². The average Bonchev–Trinajstić information content (AvgIpc) is 3.40. The minimum Gasteiger partial charge on any atom is -0.305 e. The molecule has 0 aliphatic rings. The molecule has 8 heteroatoms. The summed E-state index contributed by atoms with van der Waals surface area (Å²) in [6.45, 7) is 3.86. The Kier molecular flexibility index (Phi) is 4.51. The van der Waals surface area contributed by atoms with Crippen LogP contribution in [0, 0.1) is 13.8 Å². The smallest absolute Gasteiger partial charge is 0.274 e. The van der Waals surface area contributed by atoms with E-state index in [2.05, 4.69) is 42.7 Å². The summed E-state index contributed by atoms with van der Waals surface area (Å²) in [7, 11) is 0. The van der Waals surface area contributed by atoms with Crippen LogP contribution in [0.25, 0.3) is 27.8 Å². The van der Waals surface area contributed by atoms with Crippen LogP contribution in [0.4, 0.5) is 5.82 Å². The van der Waals surface area contributed by atoms with Crippen molar-refractivity contribution in [2.75, 3.05) is 5.32 Å². The number of fused-ring (bicyclic) bond motifs is 1. The lowest BCUT2D eigenvalue weighted by molar-refractivity contribution is 0.102. The van der Waals surface area contributed by atoms with Crippen LogP contribution in [-0.4, -0.2) is 35.9 Å². The maximum absolute atomic E-state index is 12.8. The number of anilines is 1. The third-order valence-electron chi connectivity index (χ3n) is 5.01. The van der Waals surface area contributed by atoms with Gasteiger partial charge < -0.3 is 5.32 Å². The van der Waals surface area contributed by atoms with Crippen LogP contribution in [-0.2, 0) is 0 Å². The molecule has 2 aromatic carbocycles. The van der Waals surface area contributed by atoms with Gasteiger partial charge in [0.2, 0.25) is 0 Å². The third-order valence-corrected chi connectivity index (χ3v) is 5.01. The van der Waals surface area contributed by atoms with Crippen LogP contribution >= 0.6 is 0 Å². The second-order valence-electron chi connectivity index (χ2n) is 7.25. The van der Waals surface area contributed by atoms with E-state index in [1.54, 1.807) is 16.8 Å². The van der Waals surface area contributed by atoms with E-state index in [1.807, 2.05) is 50.2 Å². The van der Waals surface area contributed by atoms with Crippen molar-refractivity contribution in [1.82, 2.24) is 29.9 Å². The summed E-state index contributed by atoms with van der Waals surface area (Å²) in [6, 6.07) is 19.5. The van der Waals surface area contributed by atoms with Crippen LogP contribution in [0.3, 0.4) is 0 Å². The van der Waals surface area contributed by atoms with Crippen molar-refractivity contribution in [1.29, 1.82) is 0 Å². The zero-order valence-electron chi connectivity index (χ0n) is 17.0. The minimum atomic E-state index is -0.336. The normalized spacial score (nSPS) is 11.0. The molecule has 0 aliphatic carbocycles. The highest BCUT2D eigenvalue weighted by atomic mass is 16.2. The highest BCUT2D eigenvalue weighted by molar-refractivity contribution is 6.04. The lowest BCUT2D eigenvalue weighted by Gasteiger charge is -2.06. The first-order valence-electron chi connectivity index (χ1n) is 9.79. The quantitative estimate of drug-likeness (QED) is 0.466. The SMILES string of the molecule is Cc1cc(C)n(-c2cc(NC(=O)c3cc(-c4cccc5ccccc45)n[nH]3)ncn2)n1. The fourth-order valence-electron chi connectivity index (χ4n) is 3.60. The molecule has 0 unspecified atom stereocenters. The number of amides is 1. The molecule has 0 spiro atoms. The standard InChI is InChI=1S/C23H19N7O/c1-14-10-15(2)30(29-14)22-12-21(24-13-25-22)26-23(31)20-11-19(27-28-20)18-9-5-7-16-6-3-4-8-17(16)18/h3-13H,1-2H3,(H,27,28)(H,24,25,26,31). The second-order valence-corrected chi connectivity index (χ2v) is 7.25. The van der Waals surface area contributed by atoms with Crippen molar-refractivity contribution in [2.45, 2.75) is 13.8 Å². The van der Waals surface area contributed by atoms with Crippen LogP contribution in [0.2, 0.25) is 0 Å². The van der Waals surface area contributed by atoms with Crippen LogP contribution < -0.4 is 5.32 Å². The molecular weight excluding hydrogens is 390 g/mol. The molecule has 0 saturated heterocycles. The first-order chi connectivity index (χ1) is 15.1. The summed E-state index contributed by atoms with van der Waals surface area (Å²) < 4.78 is 1.71. The number of hydrogen-bond donors (Lipinski definition) is 2. The minimum absolute atomic E-state index is 0.336. The Morgan fingerprint density at radius 3 is 2.68 bits per heavy atom. The molecule has 5 rings (SSSR count). The Bertz CT molecular complexity index is 1410. The number of aromatic amines is 1. The number of carbonyl (C=O) groups is 1. The predicted octanol–water partition coefficient (Wildman–Crippen LogP) is 4.07. The second kappa shape index (κ2) is 7.49. The number of hydrogen-bond acceptors (Lipinski definition) is 5. The van der Waals surface area contributed by atoms with E-state index in [1.165, 1.54) is 6.33 Å². The van der Waals surface area contributed by atoms with Gasteiger partial charge in [0.25, 0.3) is 5.91 Å². The predicted molar refractivity (Wildman–Crippen MR) is 118 cm³/mol. The molecule has 3 heterocycles. The summed E-state index contributed by atoms with van der Waals surface area (Å²) >= 11 is 0. The molecule has 31 heavy (non-hydrogen) atoms. The van der Waals surface area contributed by atoms with Crippen LogP contribution in [0.5, 0.6) is 0 Å². The van der Waals surface area contributed by atoms with Gasteiger partial charge in [0.15, 0.2) is 5.82 Å². The highest BCUT2D eigenvalue weighted by Crippen LogP contribution is 2.27. The number of H-pyrrole nitrogens is 1. The maximum atomic E-state index is 12.8. The van der Waals surface area contributed by atoms with Gasteiger partial charge in [-0.3, -0.25) is 9.89 Å². The Morgan fingerprint density at radius 1 is 1.00 bits per heavy atom. The summed E-state index contributed by atoms with van der Waals surface area (Å²) in [6.07, 6.45) is 1.40. The lowest BCUT2D eigenvalue weighted by Crippen LogP contribution is -2.14. The average molecular weight is 409 g/mol. The van der Waals surface area contributed by atoms with Crippen molar-refractivity contribution in [2.24, 2.45) is 0 Å². The van der Waals surface area contributed by atoms with Crippen molar-refractivity contribution in [3.8, 4) is 17.1 Å². The summed E-state index contributed by atoms with van der Waals surface area (Å²) in [5, 5.41) is 16.6. The number of carbonyl (C=O) groups excluding carboxylic acids is 1. The molecule has 0 saturated carbocycles. The fourth-order valence-corrected chi connectivity index (χ4v) is 3.60. The first kappa shape index (κ1) is 18.7. The van der Waals surface area contributed by atoms with Gasteiger partial charge in [-0.2, -0.15) is 10.2 Å². The first-order valence-corrected chi connectivity index (χ1v) is 9.79. The molecular formula is C23H19N7O. The number of rotatable bonds is 4. The number of nitrogens with one attached hydrogen (secondary N) is 2. The molecule has 0 fully saturated rings. The van der Waals surface area contributed by atoms with E-state index < -0.39 is 0 Å². The molecule has 0 atom stereocenters. The molecule has 0 radical (unpaired) electrons. The van der Waals surface area contributed by atoms with Crippen molar-refractivity contribution in [3.05, 3.63) is 84.1 Å². The largest absolute Gasteiger partial charge is 0.305 e. The summed E-state index contributed by atoms with van der Waals surface area (Å²) in [5.41, 5.74) is 3.84. The molecule has 1 amide bonds. The van der Waals surface area contributed by atoms with Crippen molar-refractivity contribution >= 4 is 22.5 Å². The topological polar surface area (TPSA) is 101 Å². The van der Waals surface area contributed by atoms with E-state index in [0.717, 1.165) is 27.7 Å². The number of aromatic nitrogens is 6. The molecule has 0 aliphatic heterocycles. The number of aryl methyl sites for hydroxylation is 2. The van der Waals surface area contributed by atoms with E-state index in [-0.39, 0.29) is 5.91 Å².